The Morgan fingerprint density at radius 3 is 2.48 bits per heavy atom. The average Bonchev–Trinajstić information content (AvgIpc) is 2.57. The molecule has 0 unspecified atom stereocenters. The fraction of sp³-hybridized carbons (Fsp3) is 0.588. The Hall–Kier alpha value is -1.08. The van der Waals surface area contributed by atoms with Crippen LogP contribution >= 0.6 is 24.8 Å². The second kappa shape index (κ2) is 10.2. The van der Waals surface area contributed by atoms with Crippen molar-refractivity contribution in [3.8, 4) is 0 Å². The highest BCUT2D eigenvalue weighted by molar-refractivity contribution is 5.85. The first-order valence-electron chi connectivity index (χ1n) is 8.37. The van der Waals surface area contributed by atoms with Gasteiger partial charge in [-0.25, -0.2) is 4.39 Å². The van der Waals surface area contributed by atoms with Gasteiger partial charge in [0.05, 0.1) is 12.2 Å². The van der Waals surface area contributed by atoms with Gasteiger partial charge in [-0.05, 0) is 19.1 Å². The van der Waals surface area contributed by atoms with Gasteiger partial charge in [-0.1, -0.05) is 12.1 Å². The lowest BCUT2D eigenvalue weighted by atomic mass is 10.2. The zero-order valence-electron chi connectivity index (χ0n) is 14.5. The molecule has 0 aliphatic carbocycles. The number of carbonyl (C=O) groups is 1. The van der Waals surface area contributed by atoms with E-state index in [9.17, 15) is 9.18 Å². The van der Waals surface area contributed by atoms with Crippen molar-refractivity contribution in [2.45, 2.75) is 13.0 Å². The van der Waals surface area contributed by atoms with E-state index in [2.05, 4.69) is 17.1 Å². The molecule has 1 amide bonds. The molecule has 0 radical (unpaired) electrons. The standard InChI is InChI=1S/C17H25FN4O.2ClH/c1-14-12-19-6-7-22(14)13-17(23)21-10-8-20(9-11-21)16-5-3-2-4-15(16)18;;/h2-5,14,19H,6-13H2,1H3;2*1H/t14-;;/m1../s1. The van der Waals surface area contributed by atoms with E-state index < -0.39 is 0 Å². The fourth-order valence-corrected chi connectivity index (χ4v) is 3.30. The molecule has 0 aromatic heterocycles. The molecule has 142 valence electrons. The zero-order chi connectivity index (χ0) is 16.2. The molecule has 0 spiro atoms. The van der Waals surface area contributed by atoms with Gasteiger partial charge in [0.2, 0.25) is 5.91 Å². The van der Waals surface area contributed by atoms with Gasteiger partial charge in [0.15, 0.2) is 0 Å². The van der Waals surface area contributed by atoms with E-state index >= 15 is 0 Å². The summed E-state index contributed by atoms with van der Waals surface area (Å²) in [5.74, 6) is -0.00569. The molecule has 25 heavy (non-hydrogen) atoms. The number of nitrogens with zero attached hydrogens (tertiary/aromatic N) is 3. The summed E-state index contributed by atoms with van der Waals surface area (Å²) in [5, 5.41) is 3.34. The van der Waals surface area contributed by atoms with Crippen molar-refractivity contribution in [3.05, 3.63) is 30.1 Å². The van der Waals surface area contributed by atoms with Crippen molar-refractivity contribution in [1.82, 2.24) is 15.1 Å². The summed E-state index contributed by atoms with van der Waals surface area (Å²) in [6.45, 7) is 8.13. The molecule has 0 bridgehead atoms. The van der Waals surface area contributed by atoms with Crippen LogP contribution in [-0.4, -0.2) is 74.1 Å². The summed E-state index contributed by atoms with van der Waals surface area (Å²) >= 11 is 0. The first-order chi connectivity index (χ1) is 11.1. The number of nitrogens with one attached hydrogen (secondary N) is 1. The molecular weight excluding hydrogens is 366 g/mol. The lowest BCUT2D eigenvalue weighted by molar-refractivity contribution is -0.133. The van der Waals surface area contributed by atoms with E-state index in [0.29, 0.717) is 44.5 Å². The molecule has 2 aliphatic heterocycles. The Morgan fingerprint density at radius 1 is 1.16 bits per heavy atom. The molecular formula is C17H27Cl2FN4O. The van der Waals surface area contributed by atoms with Crippen molar-refractivity contribution >= 4 is 36.4 Å². The molecule has 1 aromatic carbocycles. The Bertz CT molecular complexity index is 555. The number of hydrogen-bond donors (Lipinski definition) is 1. The highest BCUT2D eigenvalue weighted by Gasteiger charge is 2.26. The van der Waals surface area contributed by atoms with Gasteiger partial charge in [-0.2, -0.15) is 0 Å². The van der Waals surface area contributed by atoms with E-state index in [4.69, 9.17) is 0 Å². The molecule has 2 heterocycles. The third-order valence-corrected chi connectivity index (χ3v) is 4.80. The van der Waals surface area contributed by atoms with Crippen LogP contribution in [0.25, 0.3) is 0 Å². The molecule has 5 nitrogen and oxygen atoms in total. The van der Waals surface area contributed by atoms with Crippen molar-refractivity contribution in [2.24, 2.45) is 0 Å². The average molecular weight is 393 g/mol. The van der Waals surface area contributed by atoms with Gasteiger partial charge in [-0.3, -0.25) is 9.69 Å². The van der Waals surface area contributed by atoms with Crippen molar-refractivity contribution in [1.29, 1.82) is 0 Å². The van der Waals surface area contributed by atoms with Crippen LogP contribution in [0.5, 0.6) is 0 Å². The molecule has 2 saturated heterocycles. The monoisotopic (exact) mass is 392 g/mol. The number of carbonyl (C=O) groups excluding carboxylic acids is 1. The number of amides is 1. The highest BCUT2D eigenvalue weighted by Crippen LogP contribution is 2.20. The van der Waals surface area contributed by atoms with Crippen LogP contribution in [-0.2, 0) is 4.79 Å². The van der Waals surface area contributed by atoms with Gasteiger partial charge in [0.1, 0.15) is 5.82 Å². The maximum absolute atomic E-state index is 13.8. The normalized spacial score (nSPS) is 21.3. The van der Waals surface area contributed by atoms with Gasteiger partial charge >= 0.3 is 0 Å². The molecule has 3 rings (SSSR count). The first-order valence-corrected chi connectivity index (χ1v) is 8.37. The lowest BCUT2D eigenvalue weighted by Crippen LogP contribution is -2.55. The minimum absolute atomic E-state index is 0. The molecule has 1 N–H and O–H groups in total. The van der Waals surface area contributed by atoms with Crippen LogP contribution in [0.4, 0.5) is 10.1 Å². The van der Waals surface area contributed by atoms with E-state index in [0.717, 1.165) is 19.6 Å². The minimum atomic E-state index is -0.193. The van der Waals surface area contributed by atoms with E-state index in [-0.39, 0.29) is 36.5 Å². The minimum Gasteiger partial charge on any atom is -0.366 e. The number of benzene rings is 1. The largest absolute Gasteiger partial charge is 0.366 e. The molecule has 2 fully saturated rings. The fourth-order valence-electron chi connectivity index (χ4n) is 3.30. The smallest absolute Gasteiger partial charge is 0.236 e. The summed E-state index contributed by atoms with van der Waals surface area (Å²) in [6, 6.07) is 7.23. The summed E-state index contributed by atoms with van der Waals surface area (Å²) in [6.07, 6.45) is 0. The Labute approximate surface area is 161 Å². The topological polar surface area (TPSA) is 38.8 Å². The van der Waals surface area contributed by atoms with Crippen LogP contribution in [0.3, 0.4) is 0 Å². The number of para-hydroxylation sites is 1. The molecule has 8 heteroatoms. The molecule has 1 aromatic rings. The predicted octanol–water partition coefficient (Wildman–Crippen LogP) is 1.61. The SMILES string of the molecule is C[C@@H]1CNCCN1CC(=O)N1CCN(c2ccccc2F)CC1.Cl.Cl. The zero-order valence-corrected chi connectivity index (χ0v) is 16.1. The predicted molar refractivity (Wildman–Crippen MR) is 104 cm³/mol. The molecule has 2 aliphatic rings. The Morgan fingerprint density at radius 2 is 1.84 bits per heavy atom. The summed E-state index contributed by atoms with van der Waals surface area (Å²) in [7, 11) is 0. The number of hydrogen-bond acceptors (Lipinski definition) is 4. The number of rotatable bonds is 3. The van der Waals surface area contributed by atoms with Crippen LogP contribution in [0, 0.1) is 5.82 Å². The van der Waals surface area contributed by atoms with Crippen LogP contribution in [0.1, 0.15) is 6.92 Å². The molecule has 0 saturated carbocycles. The van der Waals surface area contributed by atoms with E-state index in [1.807, 2.05) is 15.9 Å². The number of piperazine rings is 2. The van der Waals surface area contributed by atoms with Gasteiger partial charge in [0.25, 0.3) is 0 Å². The second-order valence-electron chi connectivity index (χ2n) is 6.34. The third kappa shape index (κ3) is 5.45. The Kier molecular flexibility index (Phi) is 8.93. The summed E-state index contributed by atoms with van der Waals surface area (Å²) in [5.41, 5.74) is 0.635. The Balaban J connectivity index is 0.00000156. The molecule has 1 atom stereocenters. The third-order valence-electron chi connectivity index (χ3n) is 4.80. The maximum Gasteiger partial charge on any atom is 0.236 e. The highest BCUT2D eigenvalue weighted by atomic mass is 35.5. The summed E-state index contributed by atoms with van der Waals surface area (Å²) < 4.78 is 13.8. The van der Waals surface area contributed by atoms with Gasteiger partial charge in [-0.15, -0.1) is 24.8 Å². The quantitative estimate of drug-likeness (QED) is 0.847. The maximum atomic E-state index is 13.8. The first kappa shape index (κ1) is 22.0. The van der Waals surface area contributed by atoms with E-state index in [1.54, 1.807) is 12.1 Å². The van der Waals surface area contributed by atoms with Crippen molar-refractivity contribution < 1.29 is 9.18 Å². The van der Waals surface area contributed by atoms with Crippen LogP contribution in [0.15, 0.2) is 24.3 Å². The van der Waals surface area contributed by atoms with Gasteiger partial charge < -0.3 is 15.1 Å². The van der Waals surface area contributed by atoms with E-state index in [1.165, 1.54) is 6.07 Å². The second-order valence-corrected chi connectivity index (χ2v) is 6.34. The van der Waals surface area contributed by atoms with Crippen molar-refractivity contribution in [3.63, 3.8) is 0 Å². The summed E-state index contributed by atoms with van der Waals surface area (Å²) in [4.78, 5) is 18.7. The van der Waals surface area contributed by atoms with Crippen LogP contribution in [0.2, 0.25) is 0 Å². The number of anilines is 1. The lowest BCUT2D eigenvalue weighted by Gasteiger charge is -2.39. The van der Waals surface area contributed by atoms with Gasteiger partial charge in [0, 0.05) is 51.9 Å². The number of halogens is 3. The van der Waals surface area contributed by atoms with Crippen LogP contribution < -0.4 is 10.2 Å². The van der Waals surface area contributed by atoms with Crippen molar-refractivity contribution in [2.75, 3.05) is 57.3 Å².